The van der Waals surface area contributed by atoms with E-state index in [1.165, 1.54) is 6.92 Å². The van der Waals surface area contributed by atoms with Crippen LogP contribution in [0.1, 0.15) is 33.6 Å². The van der Waals surface area contributed by atoms with Gasteiger partial charge in [0.15, 0.2) is 0 Å². The zero-order valence-electron chi connectivity index (χ0n) is 10.7. The van der Waals surface area contributed by atoms with Crippen LogP contribution in [-0.2, 0) is 9.53 Å². The van der Waals surface area contributed by atoms with Crippen LogP contribution in [0.4, 0.5) is 0 Å². The van der Waals surface area contributed by atoms with E-state index < -0.39 is 6.10 Å². The number of nitrogens with one attached hydrogen (secondary N) is 1. The Kier molecular flexibility index (Phi) is 5.36. The minimum atomic E-state index is -0.667. The average molecular weight is 245 g/mol. The summed E-state index contributed by atoms with van der Waals surface area (Å²) in [4.78, 5) is 11.1. The maximum atomic E-state index is 11.1. The highest BCUT2D eigenvalue weighted by Gasteiger charge is 2.43. The maximum absolute atomic E-state index is 11.1. The fraction of sp³-hybridized carbons (Fsp3) is 0.917. The second-order valence-electron chi connectivity index (χ2n) is 4.59. The largest absolute Gasteiger partial charge is 0.394 e. The number of aliphatic hydroxyl groups is 2. The zero-order chi connectivity index (χ0) is 13.0. The smallest absolute Gasteiger partial charge is 0.217 e. The van der Waals surface area contributed by atoms with Gasteiger partial charge in [-0.15, -0.1) is 0 Å². The van der Waals surface area contributed by atoms with Crippen LogP contribution in [-0.4, -0.2) is 47.1 Å². The van der Waals surface area contributed by atoms with Crippen molar-refractivity contribution in [2.45, 2.75) is 58.0 Å². The van der Waals surface area contributed by atoms with Crippen molar-refractivity contribution in [1.29, 1.82) is 0 Å². The molecule has 1 aliphatic rings. The third-order valence-electron chi connectivity index (χ3n) is 3.46. The Morgan fingerprint density at radius 2 is 1.94 bits per heavy atom. The molecule has 1 aliphatic heterocycles. The van der Waals surface area contributed by atoms with Crippen molar-refractivity contribution in [2.75, 3.05) is 6.61 Å². The molecule has 5 atom stereocenters. The standard InChI is InChI=1S/C12H23NO4/c1-4-8-10(6-14)17-9(5-2)11(12(8)16)13-7(3)15/h8-12,14,16H,4-6H2,1-3H3,(H,13,15). The van der Waals surface area contributed by atoms with E-state index >= 15 is 0 Å². The molecule has 17 heavy (non-hydrogen) atoms. The highest BCUT2D eigenvalue weighted by atomic mass is 16.5. The first-order chi connectivity index (χ1) is 8.04. The van der Waals surface area contributed by atoms with Crippen molar-refractivity contribution in [1.82, 2.24) is 5.32 Å². The van der Waals surface area contributed by atoms with Crippen LogP contribution in [0.25, 0.3) is 0 Å². The molecule has 1 amide bonds. The van der Waals surface area contributed by atoms with Gasteiger partial charge < -0.3 is 20.3 Å². The molecule has 0 aromatic carbocycles. The normalized spacial score (nSPS) is 37.8. The van der Waals surface area contributed by atoms with Crippen molar-refractivity contribution in [3.05, 3.63) is 0 Å². The van der Waals surface area contributed by atoms with Crippen molar-refractivity contribution in [3.8, 4) is 0 Å². The molecule has 1 fully saturated rings. The van der Waals surface area contributed by atoms with Crippen molar-refractivity contribution in [2.24, 2.45) is 5.92 Å². The lowest BCUT2D eigenvalue weighted by Gasteiger charge is -2.44. The fourth-order valence-electron chi connectivity index (χ4n) is 2.56. The number of aliphatic hydroxyl groups excluding tert-OH is 2. The molecule has 0 aromatic heterocycles. The number of amides is 1. The van der Waals surface area contributed by atoms with Gasteiger partial charge in [0, 0.05) is 12.8 Å². The molecule has 0 aromatic rings. The van der Waals surface area contributed by atoms with E-state index in [9.17, 15) is 15.0 Å². The number of hydrogen-bond donors (Lipinski definition) is 3. The molecular weight excluding hydrogens is 222 g/mol. The molecule has 0 radical (unpaired) electrons. The lowest BCUT2D eigenvalue weighted by molar-refractivity contribution is -0.171. The molecule has 0 bridgehead atoms. The average Bonchev–Trinajstić information content (AvgIpc) is 2.30. The van der Waals surface area contributed by atoms with E-state index in [1.54, 1.807) is 0 Å². The summed E-state index contributed by atoms with van der Waals surface area (Å²) in [6.07, 6.45) is 0.145. The van der Waals surface area contributed by atoms with Crippen LogP contribution in [0.15, 0.2) is 0 Å². The first-order valence-electron chi connectivity index (χ1n) is 6.26. The summed E-state index contributed by atoms with van der Waals surface area (Å²) < 4.78 is 5.75. The summed E-state index contributed by atoms with van der Waals surface area (Å²) in [6.45, 7) is 5.21. The summed E-state index contributed by atoms with van der Waals surface area (Å²) in [5, 5.41) is 22.3. The van der Waals surface area contributed by atoms with Crippen molar-refractivity contribution >= 4 is 5.91 Å². The Morgan fingerprint density at radius 3 is 2.35 bits per heavy atom. The summed E-state index contributed by atoms with van der Waals surface area (Å²) in [5.74, 6) is -0.312. The first kappa shape index (κ1) is 14.4. The molecule has 3 N–H and O–H groups in total. The lowest BCUT2D eigenvalue weighted by Crippen LogP contribution is -2.61. The summed E-state index contributed by atoms with van der Waals surface area (Å²) >= 11 is 0. The highest BCUT2D eigenvalue weighted by Crippen LogP contribution is 2.29. The maximum Gasteiger partial charge on any atom is 0.217 e. The van der Waals surface area contributed by atoms with E-state index in [0.717, 1.165) is 0 Å². The van der Waals surface area contributed by atoms with Crippen LogP contribution >= 0.6 is 0 Å². The van der Waals surface area contributed by atoms with Gasteiger partial charge in [-0.05, 0) is 12.8 Å². The molecule has 5 unspecified atom stereocenters. The molecular formula is C12H23NO4. The Morgan fingerprint density at radius 1 is 1.29 bits per heavy atom. The van der Waals surface area contributed by atoms with Gasteiger partial charge in [0.1, 0.15) is 0 Å². The van der Waals surface area contributed by atoms with Gasteiger partial charge >= 0.3 is 0 Å². The highest BCUT2D eigenvalue weighted by molar-refractivity contribution is 5.73. The van der Waals surface area contributed by atoms with Gasteiger partial charge in [0.05, 0.1) is 31.0 Å². The fourth-order valence-corrected chi connectivity index (χ4v) is 2.56. The van der Waals surface area contributed by atoms with E-state index in [-0.39, 0.29) is 36.7 Å². The van der Waals surface area contributed by atoms with Crippen LogP contribution in [0, 0.1) is 5.92 Å². The second kappa shape index (κ2) is 6.33. The molecule has 1 heterocycles. The van der Waals surface area contributed by atoms with Crippen LogP contribution in [0.5, 0.6) is 0 Å². The summed E-state index contributed by atoms with van der Waals surface area (Å²) in [6, 6.07) is -0.384. The SMILES string of the molecule is CCC1OC(CO)C(CC)C(O)C1NC(C)=O. The zero-order valence-corrected chi connectivity index (χ0v) is 10.7. The molecule has 0 spiro atoms. The number of ether oxygens (including phenoxy) is 1. The van der Waals surface area contributed by atoms with Gasteiger partial charge in [-0.2, -0.15) is 0 Å². The number of rotatable bonds is 4. The molecule has 100 valence electrons. The lowest BCUT2D eigenvalue weighted by atomic mass is 9.83. The first-order valence-corrected chi connectivity index (χ1v) is 6.26. The van der Waals surface area contributed by atoms with Gasteiger partial charge in [0.25, 0.3) is 0 Å². The van der Waals surface area contributed by atoms with E-state index in [4.69, 9.17) is 4.74 Å². The molecule has 1 rings (SSSR count). The van der Waals surface area contributed by atoms with Crippen LogP contribution in [0.2, 0.25) is 0 Å². The molecule has 5 nitrogen and oxygen atoms in total. The second-order valence-corrected chi connectivity index (χ2v) is 4.59. The Labute approximate surface area is 102 Å². The molecule has 0 aliphatic carbocycles. The van der Waals surface area contributed by atoms with Crippen LogP contribution in [0.3, 0.4) is 0 Å². The topological polar surface area (TPSA) is 78.8 Å². The quantitative estimate of drug-likeness (QED) is 0.654. The molecule has 0 saturated carbocycles. The summed E-state index contributed by atoms with van der Waals surface area (Å²) in [5.41, 5.74) is 0. The van der Waals surface area contributed by atoms with E-state index in [2.05, 4.69) is 5.32 Å². The minimum Gasteiger partial charge on any atom is -0.394 e. The Bertz CT molecular complexity index is 259. The monoisotopic (exact) mass is 245 g/mol. The predicted molar refractivity (Wildman–Crippen MR) is 63.4 cm³/mol. The Hall–Kier alpha value is -0.650. The Balaban J connectivity index is 2.83. The van der Waals surface area contributed by atoms with Crippen molar-refractivity contribution < 1.29 is 19.7 Å². The van der Waals surface area contributed by atoms with Gasteiger partial charge in [-0.25, -0.2) is 0 Å². The van der Waals surface area contributed by atoms with Crippen molar-refractivity contribution in [3.63, 3.8) is 0 Å². The summed E-state index contributed by atoms with van der Waals surface area (Å²) in [7, 11) is 0. The molecule has 5 heteroatoms. The van der Waals surface area contributed by atoms with E-state index in [0.29, 0.717) is 12.8 Å². The minimum absolute atomic E-state index is 0.0984. The third-order valence-corrected chi connectivity index (χ3v) is 3.46. The predicted octanol–water partition coefficient (Wildman–Crippen LogP) is 0.0479. The molecule has 1 saturated heterocycles. The number of carbonyl (C=O) groups is 1. The van der Waals surface area contributed by atoms with E-state index in [1.807, 2.05) is 13.8 Å². The van der Waals surface area contributed by atoms with Gasteiger partial charge in [0.2, 0.25) is 5.91 Å². The van der Waals surface area contributed by atoms with Crippen LogP contribution < -0.4 is 5.32 Å². The van der Waals surface area contributed by atoms with Gasteiger partial charge in [-0.1, -0.05) is 13.8 Å². The van der Waals surface area contributed by atoms with Gasteiger partial charge in [-0.3, -0.25) is 4.79 Å². The third kappa shape index (κ3) is 3.18. The number of hydrogen-bond acceptors (Lipinski definition) is 4. The number of carbonyl (C=O) groups excluding carboxylic acids is 1.